The lowest BCUT2D eigenvalue weighted by Gasteiger charge is -2.33. The zero-order valence-electron chi connectivity index (χ0n) is 26.5. The van der Waals surface area contributed by atoms with Gasteiger partial charge in [-0.1, -0.05) is 30.7 Å². The maximum absolute atomic E-state index is 13.7. The zero-order valence-corrected chi connectivity index (χ0v) is 26.5. The maximum atomic E-state index is 13.7. The number of benzene rings is 2. The van der Waals surface area contributed by atoms with E-state index in [-0.39, 0.29) is 29.7 Å². The number of methoxy groups -OCH3 is 1. The number of likely N-dealkylation sites (tertiary alicyclic amines) is 1. The Morgan fingerprint density at radius 1 is 0.844 bits per heavy atom. The number of anilines is 1. The summed E-state index contributed by atoms with van der Waals surface area (Å²) in [6.07, 6.45) is 10.0. The van der Waals surface area contributed by atoms with Crippen molar-refractivity contribution < 1.29 is 28.7 Å². The Kier molecular flexibility index (Phi) is 9.42. The van der Waals surface area contributed by atoms with Gasteiger partial charge < -0.3 is 24.2 Å². The highest BCUT2D eigenvalue weighted by molar-refractivity contribution is 6.33. The number of rotatable bonds is 9. The topological polar surface area (TPSA) is 96.5 Å². The summed E-state index contributed by atoms with van der Waals surface area (Å²) in [6, 6.07) is 15.4. The molecule has 2 unspecified atom stereocenters. The van der Waals surface area contributed by atoms with Crippen molar-refractivity contribution in [2.75, 3.05) is 32.1 Å². The van der Waals surface area contributed by atoms with Gasteiger partial charge >= 0.3 is 11.9 Å². The molecule has 2 heterocycles. The molecule has 6 rings (SSSR count). The molecule has 2 aliphatic heterocycles. The summed E-state index contributed by atoms with van der Waals surface area (Å²) in [7, 11) is 3.02. The molecule has 0 bridgehead atoms. The summed E-state index contributed by atoms with van der Waals surface area (Å²) >= 11 is 0. The average Bonchev–Trinajstić information content (AvgIpc) is 3.86. The van der Waals surface area contributed by atoms with Crippen molar-refractivity contribution in [2.45, 2.75) is 94.9 Å². The number of ketones is 1. The first-order valence-corrected chi connectivity index (χ1v) is 16.6. The first kappa shape index (κ1) is 31.1. The molecule has 2 aromatic carbocycles. The summed E-state index contributed by atoms with van der Waals surface area (Å²) in [5.41, 5.74) is 3.04. The lowest BCUT2D eigenvalue weighted by Crippen LogP contribution is -2.53. The molecule has 4 aliphatic rings. The minimum atomic E-state index is -0.904. The van der Waals surface area contributed by atoms with Crippen LogP contribution in [0, 0.1) is 5.92 Å². The van der Waals surface area contributed by atoms with Gasteiger partial charge in [-0.05, 0) is 92.7 Å². The highest BCUT2D eigenvalue weighted by atomic mass is 16.5. The van der Waals surface area contributed by atoms with Crippen LogP contribution in [-0.4, -0.2) is 84.8 Å². The molecule has 4 fully saturated rings. The molecule has 0 spiro atoms. The van der Waals surface area contributed by atoms with Crippen LogP contribution in [0.25, 0.3) is 0 Å². The van der Waals surface area contributed by atoms with E-state index in [4.69, 9.17) is 9.47 Å². The highest BCUT2D eigenvalue weighted by Crippen LogP contribution is 2.42. The molecule has 45 heavy (non-hydrogen) atoms. The molecule has 4 atom stereocenters. The van der Waals surface area contributed by atoms with Gasteiger partial charge in [0, 0.05) is 44.7 Å². The van der Waals surface area contributed by atoms with Crippen LogP contribution in [0.4, 0.5) is 5.69 Å². The normalized spacial score (nSPS) is 24.5. The molecule has 2 amide bonds. The Labute approximate surface area is 265 Å². The van der Waals surface area contributed by atoms with Gasteiger partial charge in [0.25, 0.3) is 0 Å². The Morgan fingerprint density at radius 3 is 2.18 bits per heavy atom. The van der Waals surface area contributed by atoms with Gasteiger partial charge in [0.05, 0.1) is 19.3 Å². The number of fused-ring (bicyclic) bond motifs is 1. The molecule has 0 aromatic heterocycles. The Bertz CT molecular complexity index is 1390. The van der Waals surface area contributed by atoms with E-state index in [0.29, 0.717) is 31.9 Å². The van der Waals surface area contributed by atoms with Crippen molar-refractivity contribution in [1.82, 2.24) is 9.80 Å². The third-order valence-corrected chi connectivity index (χ3v) is 10.4. The quantitative estimate of drug-likeness (QED) is 0.306. The molecule has 0 radical (unpaired) electrons. The molecule has 9 nitrogen and oxygen atoms in total. The van der Waals surface area contributed by atoms with Crippen molar-refractivity contribution in [3.8, 4) is 5.75 Å². The molecule has 240 valence electrons. The van der Waals surface area contributed by atoms with E-state index in [2.05, 4.69) is 17.0 Å². The van der Waals surface area contributed by atoms with Gasteiger partial charge in [-0.25, -0.2) is 4.79 Å². The van der Waals surface area contributed by atoms with Crippen molar-refractivity contribution in [1.29, 1.82) is 0 Å². The van der Waals surface area contributed by atoms with Crippen molar-refractivity contribution in [2.24, 2.45) is 5.92 Å². The molecule has 2 saturated heterocycles. The van der Waals surface area contributed by atoms with Gasteiger partial charge in [-0.3, -0.25) is 14.4 Å². The largest absolute Gasteiger partial charge is 0.490 e. The number of likely N-dealkylation sites (N-methyl/N-ethyl adjacent to an activating group) is 1. The van der Waals surface area contributed by atoms with Gasteiger partial charge in [-0.2, -0.15) is 0 Å². The van der Waals surface area contributed by atoms with Crippen LogP contribution in [0.5, 0.6) is 5.75 Å². The van der Waals surface area contributed by atoms with E-state index in [9.17, 15) is 19.2 Å². The summed E-state index contributed by atoms with van der Waals surface area (Å²) in [4.78, 5) is 57.2. The number of ether oxygens (including phenoxy) is 2. The fraction of sp³-hybridized carbons (Fsp3) is 0.556. The summed E-state index contributed by atoms with van der Waals surface area (Å²) in [6.45, 7) is 1.49. The van der Waals surface area contributed by atoms with Crippen molar-refractivity contribution in [3.05, 3.63) is 59.7 Å². The van der Waals surface area contributed by atoms with Gasteiger partial charge in [0.15, 0.2) is 0 Å². The molecule has 2 saturated carbocycles. The number of amides is 2. The van der Waals surface area contributed by atoms with E-state index in [1.54, 1.807) is 4.90 Å². The fourth-order valence-electron chi connectivity index (χ4n) is 7.93. The van der Waals surface area contributed by atoms with Crippen LogP contribution in [0.1, 0.15) is 68.9 Å². The summed E-state index contributed by atoms with van der Waals surface area (Å²) < 4.78 is 10.8. The van der Waals surface area contributed by atoms with Crippen LogP contribution in [-0.2, 0) is 36.8 Å². The third kappa shape index (κ3) is 6.87. The van der Waals surface area contributed by atoms with E-state index in [1.165, 1.54) is 24.9 Å². The Morgan fingerprint density at radius 2 is 1.51 bits per heavy atom. The van der Waals surface area contributed by atoms with Crippen molar-refractivity contribution in [3.63, 3.8) is 0 Å². The Hall–Kier alpha value is -3.88. The Balaban J connectivity index is 1.00. The number of nitrogens with zero attached hydrogens (tertiary/aromatic N) is 3. The van der Waals surface area contributed by atoms with Gasteiger partial charge in [0.1, 0.15) is 17.6 Å². The molecular formula is C36H45N3O6. The predicted molar refractivity (Wildman–Crippen MR) is 170 cm³/mol. The smallest absolute Gasteiger partial charge is 0.396 e. The standard InChI is InChI=1S/C36H45N3O6/c1-37(34(41)33-22-26-6-5-9-32(26)39(33)35(42)36(43)44-2)28-18-19-38(23-28)27-14-10-24(11-15-27)20-29(40)21-25-12-16-31(17-13-25)45-30-7-3-4-8-30/h10-17,26,28,30,32-33H,3-9,18-23H2,1-2H3/t26-,28?,32-,33?/m0/s1. The second-order valence-corrected chi connectivity index (χ2v) is 13.3. The highest BCUT2D eigenvalue weighted by Gasteiger charge is 2.51. The number of esters is 1. The van der Waals surface area contributed by atoms with E-state index >= 15 is 0 Å². The van der Waals surface area contributed by atoms with Crippen LogP contribution >= 0.6 is 0 Å². The number of hydrogen-bond acceptors (Lipinski definition) is 7. The van der Waals surface area contributed by atoms with Gasteiger partial charge in [0.2, 0.25) is 5.91 Å². The van der Waals surface area contributed by atoms with Crippen LogP contribution < -0.4 is 9.64 Å². The molecule has 2 aliphatic carbocycles. The van der Waals surface area contributed by atoms with Crippen LogP contribution in [0.3, 0.4) is 0 Å². The fourth-order valence-corrected chi connectivity index (χ4v) is 7.93. The van der Waals surface area contributed by atoms with E-state index in [0.717, 1.165) is 67.6 Å². The van der Waals surface area contributed by atoms with E-state index in [1.807, 2.05) is 43.4 Å². The molecule has 9 heteroatoms. The third-order valence-electron chi connectivity index (χ3n) is 10.4. The first-order chi connectivity index (χ1) is 21.8. The summed E-state index contributed by atoms with van der Waals surface area (Å²) in [5.74, 6) is -0.397. The number of Topliss-reactive ketones (excluding diaryl/α,β-unsaturated/α-hetero) is 1. The van der Waals surface area contributed by atoms with Gasteiger partial charge in [-0.15, -0.1) is 0 Å². The number of hydrogen-bond donors (Lipinski definition) is 0. The van der Waals surface area contributed by atoms with Crippen LogP contribution in [0.15, 0.2) is 48.5 Å². The lowest BCUT2D eigenvalue weighted by atomic mass is 10.0. The molecule has 2 aromatic rings. The number of carbonyl (C=O) groups excluding carboxylic acids is 4. The maximum Gasteiger partial charge on any atom is 0.396 e. The first-order valence-electron chi connectivity index (χ1n) is 16.6. The second-order valence-electron chi connectivity index (χ2n) is 13.3. The minimum absolute atomic E-state index is 0.00391. The van der Waals surface area contributed by atoms with E-state index < -0.39 is 17.9 Å². The average molecular weight is 616 g/mol. The predicted octanol–water partition coefficient (Wildman–Crippen LogP) is 4.34. The second kappa shape index (κ2) is 13.6. The zero-order chi connectivity index (χ0) is 31.5. The monoisotopic (exact) mass is 615 g/mol. The van der Waals surface area contributed by atoms with Crippen molar-refractivity contribution >= 4 is 29.3 Å². The minimum Gasteiger partial charge on any atom is -0.490 e. The lowest BCUT2D eigenvalue weighted by molar-refractivity contribution is -0.161. The molecule has 0 N–H and O–H groups in total. The molecular weight excluding hydrogens is 570 g/mol. The summed E-state index contributed by atoms with van der Waals surface area (Å²) in [5, 5.41) is 0. The number of carbonyl (C=O) groups is 4. The SMILES string of the molecule is COC(=O)C(=O)N1C(C(=O)N(C)C2CCN(c3ccc(CC(=O)Cc4ccc(OC5CCCC5)cc4)cc3)C2)C[C@@H]2CCC[C@@H]21. The van der Waals surface area contributed by atoms with Crippen LogP contribution in [0.2, 0.25) is 0 Å².